The lowest BCUT2D eigenvalue weighted by Gasteiger charge is -2.21. The molecule has 1 aliphatic carbocycles. The van der Waals surface area contributed by atoms with Gasteiger partial charge in [0.25, 0.3) is 0 Å². The third-order valence-corrected chi connectivity index (χ3v) is 2.94. The van der Waals surface area contributed by atoms with Crippen molar-refractivity contribution in [2.45, 2.75) is 71.3 Å². The molecule has 0 atom stereocenters. The van der Waals surface area contributed by atoms with Gasteiger partial charge in [-0.25, -0.2) is 0 Å². The van der Waals surface area contributed by atoms with Crippen LogP contribution in [0.3, 0.4) is 0 Å². The molecule has 0 bridgehead atoms. The van der Waals surface area contributed by atoms with Crippen molar-refractivity contribution in [2.24, 2.45) is 0 Å². The van der Waals surface area contributed by atoms with Gasteiger partial charge >= 0.3 is 0 Å². The van der Waals surface area contributed by atoms with Crippen molar-refractivity contribution in [1.82, 2.24) is 0 Å². The molecule has 0 aromatic rings. The van der Waals surface area contributed by atoms with Gasteiger partial charge in [0, 0.05) is 0 Å². The van der Waals surface area contributed by atoms with E-state index in [1.54, 1.807) is 0 Å². The molecule has 1 saturated carbocycles. The summed E-state index contributed by atoms with van der Waals surface area (Å²) in [7, 11) is 0. The maximum atomic E-state index is 5.78. The second-order valence-electron chi connectivity index (χ2n) is 4.46. The molecule has 1 heteroatoms. The number of rotatable bonds is 5. The minimum atomic E-state index is 0.514. The molecule has 0 N–H and O–H groups in total. The van der Waals surface area contributed by atoms with Crippen molar-refractivity contribution >= 4 is 0 Å². The van der Waals surface area contributed by atoms with Crippen molar-refractivity contribution in [2.75, 3.05) is 0 Å². The standard InChI is InChI=1S/C13H24O/c1-3-4-8-12(2)11-14-13-9-6-5-7-10-13/h11,13H,3-10H2,1-2H3/b12-11+. The zero-order valence-electron chi connectivity index (χ0n) is 9.72. The molecule has 0 aromatic heterocycles. The Morgan fingerprint density at radius 1 is 1.29 bits per heavy atom. The van der Waals surface area contributed by atoms with Crippen LogP contribution in [0, 0.1) is 0 Å². The van der Waals surface area contributed by atoms with Crippen molar-refractivity contribution < 1.29 is 4.74 Å². The first-order valence-electron chi connectivity index (χ1n) is 6.14. The summed E-state index contributed by atoms with van der Waals surface area (Å²) >= 11 is 0. The van der Waals surface area contributed by atoms with E-state index in [-0.39, 0.29) is 0 Å². The average molecular weight is 196 g/mol. The second kappa shape index (κ2) is 6.92. The Labute approximate surface area is 88.5 Å². The Kier molecular flexibility index (Phi) is 5.74. The zero-order valence-corrected chi connectivity index (χ0v) is 9.72. The van der Waals surface area contributed by atoms with E-state index in [9.17, 15) is 0 Å². The lowest BCUT2D eigenvalue weighted by molar-refractivity contribution is 0.104. The van der Waals surface area contributed by atoms with Crippen LogP contribution in [0.5, 0.6) is 0 Å². The molecule has 0 spiro atoms. The molecule has 0 radical (unpaired) electrons. The molecule has 82 valence electrons. The summed E-state index contributed by atoms with van der Waals surface area (Å²) in [4.78, 5) is 0. The number of allylic oxidation sites excluding steroid dienone is 1. The molecule has 0 aliphatic heterocycles. The Morgan fingerprint density at radius 3 is 2.64 bits per heavy atom. The quantitative estimate of drug-likeness (QED) is 0.591. The molecule has 0 saturated heterocycles. The van der Waals surface area contributed by atoms with Crippen LogP contribution in [0.4, 0.5) is 0 Å². The van der Waals surface area contributed by atoms with Gasteiger partial charge in [0.05, 0.1) is 12.4 Å². The highest BCUT2D eigenvalue weighted by molar-refractivity contribution is 4.93. The largest absolute Gasteiger partial charge is 0.498 e. The zero-order chi connectivity index (χ0) is 10.2. The second-order valence-corrected chi connectivity index (χ2v) is 4.46. The van der Waals surface area contributed by atoms with Crippen LogP contribution in [0.2, 0.25) is 0 Å². The number of unbranched alkanes of at least 4 members (excludes halogenated alkanes) is 1. The lowest BCUT2D eigenvalue weighted by Crippen LogP contribution is -2.13. The molecule has 1 rings (SSSR count). The summed E-state index contributed by atoms with van der Waals surface area (Å²) in [6, 6.07) is 0. The average Bonchev–Trinajstić information content (AvgIpc) is 2.25. The van der Waals surface area contributed by atoms with Crippen LogP contribution in [-0.2, 0) is 4.74 Å². The topological polar surface area (TPSA) is 9.23 Å². The van der Waals surface area contributed by atoms with Gasteiger partial charge in [-0.15, -0.1) is 0 Å². The van der Waals surface area contributed by atoms with Gasteiger partial charge in [0.15, 0.2) is 0 Å². The Bertz CT molecular complexity index is 166. The summed E-state index contributed by atoms with van der Waals surface area (Å²) < 4.78 is 5.78. The Morgan fingerprint density at radius 2 is 2.00 bits per heavy atom. The predicted octanol–water partition coefficient (Wildman–Crippen LogP) is 4.43. The first kappa shape index (κ1) is 11.6. The van der Waals surface area contributed by atoms with Crippen molar-refractivity contribution in [1.29, 1.82) is 0 Å². The van der Waals surface area contributed by atoms with E-state index in [0.717, 1.165) is 0 Å². The van der Waals surface area contributed by atoms with Crippen molar-refractivity contribution in [3.8, 4) is 0 Å². The maximum Gasteiger partial charge on any atom is 0.0978 e. The van der Waals surface area contributed by atoms with E-state index in [1.807, 2.05) is 6.26 Å². The molecular weight excluding hydrogens is 172 g/mol. The summed E-state index contributed by atoms with van der Waals surface area (Å²) in [5, 5.41) is 0. The first-order valence-corrected chi connectivity index (χ1v) is 6.14. The summed E-state index contributed by atoms with van der Waals surface area (Å²) in [6.07, 6.45) is 12.9. The minimum Gasteiger partial charge on any atom is -0.498 e. The molecule has 1 nitrogen and oxygen atoms in total. The fraction of sp³-hybridized carbons (Fsp3) is 0.846. The highest BCUT2D eigenvalue weighted by Gasteiger charge is 2.12. The predicted molar refractivity (Wildman–Crippen MR) is 61.2 cm³/mol. The van der Waals surface area contributed by atoms with Gasteiger partial charge in [0.2, 0.25) is 0 Å². The van der Waals surface area contributed by atoms with Gasteiger partial charge in [-0.1, -0.05) is 19.8 Å². The molecular formula is C13H24O. The van der Waals surface area contributed by atoms with E-state index in [4.69, 9.17) is 4.74 Å². The van der Waals surface area contributed by atoms with Crippen LogP contribution >= 0.6 is 0 Å². The normalized spacial score (nSPS) is 19.7. The summed E-state index contributed by atoms with van der Waals surface area (Å²) in [5.74, 6) is 0. The number of hydrogen-bond donors (Lipinski definition) is 0. The van der Waals surface area contributed by atoms with E-state index >= 15 is 0 Å². The lowest BCUT2D eigenvalue weighted by atomic mass is 9.98. The fourth-order valence-corrected chi connectivity index (χ4v) is 1.93. The van der Waals surface area contributed by atoms with Crippen molar-refractivity contribution in [3.63, 3.8) is 0 Å². The van der Waals surface area contributed by atoms with Gasteiger partial charge in [-0.05, 0) is 51.0 Å². The first-order chi connectivity index (χ1) is 6.83. The molecule has 0 amide bonds. The summed E-state index contributed by atoms with van der Waals surface area (Å²) in [6.45, 7) is 4.41. The number of hydrogen-bond acceptors (Lipinski definition) is 1. The molecule has 0 aromatic carbocycles. The Hall–Kier alpha value is -0.460. The van der Waals surface area contributed by atoms with Crippen LogP contribution in [0.15, 0.2) is 11.8 Å². The van der Waals surface area contributed by atoms with Crippen LogP contribution < -0.4 is 0 Å². The van der Waals surface area contributed by atoms with Gasteiger partial charge < -0.3 is 4.74 Å². The van der Waals surface area contributed by atoms with E-state index in [0.29, 0.717) is 6.10 Å². The van der Waals surface area contributed by atoms with Crippen LogP contribution in [0.25, 0.3) is 0 Å². The smallest absolute Gasteiger partial charge is 0.0978 e. The molecule has 1 aliphatic rings. The Balaban J connectivity index is 2.15. The molecule has 1 fully saturated rings. The van der Waals surface area contributed by atoms with Gasteiger partial charge in [0.1, 0.15) is 0 Å². The van der Waals surface area contributed by atoms with Gasteiger partial charge in [-0.2, -0.15) is 0 Å². The van der Waals surface area contributed by atoms with E-state index in [1.165, 1.54) is 56.9 Å². The van der Waals surface area contributed by atoms with Crippen LogP contribution in [-0.4, -0.2) is 6.10 Å². The molecule has 0 heterocycles. The minimum absolute atomic E-state index is 0.514. The highest BCUT2D eigenvalue weighted by Crippen LogP contribution is 2.21. The third-order valence-electron chi connectivity index (χ3n) is 2.94. The van der Waals surface area contributed by atoms with Crippen LogP contribution in [0.1, 0.15) is 65.2 Å². The monoisotopic (exact) mass is 196 g/mol. The third kappa shape index (κ3) is 4.69. The van der Waals surface area contributed by atoms with Crippen molar-refractivity contribution in [3.05, 3.63) is 11.8 Å². The fourth-order valence-electron chi connectivity index (χ4n) is 1.93. The summed E-state index contributed by atoms with van der Waals surface area (Å²) in [5.41, 5.74) is 1.40. The molecule has 14 heavy (non-hydrogen) atoms. The highest BCUT2D eigenvalue weighted by atomic mass is 16.5. The SMILES string of the molecule is CCCC/C(C)=C/OC1CCCCC1. The van der Waals surface area contributed by atoms with Gasteiger partial charge in [-0.3, -0.25) is 0 Å². The maximum absolute atomic E-state index is 5.78. The van der Waals surface area contributed by atoms with E-state index in [2.05, 4.69) is 13.8 Å². The van der Waals surface area contributed by atoms with E-state index < -0.39 is 0 Å². The molecule has 0 unspecified atom stereocenters. The number of ether oxygens (including phenoxy) is 1.